The standard InChI is InChI=1S/C19H23N2S.HI/c1-6-21-14(3)15(4)22-19(21)12-17-9-8-16-11-13(2)7-10-18(16)20(17)5;/h7-12H,6H2,1-5H3;1H/q+1;/p-1. The first kappa shape index (κ1) is 18.2. The van der Waals surface area contributed by atoms with E-state index in [4.69, 9.17) is 0 Å². The molecule has 0 amide bonds. The van der Waals surface area contributed by atoms with Crippen LogP contribution in [0.3, 0.4) is 0 Å². The topological polar surface area (TPSA) is 7.12 Å². The minimum atomic E-state index is 0. The Labute approximate surface area is 160 Å². The fraction of sp³-hybridized carbons (Fsp3) is 0.316. The van der Waals surface area contributed by atoms with Crippen LogP contribution in [0.15, 0.2) is 30.0 Å². The van der Waals surface area contributed by atoms with Gasteiger partial charge in [-0.25, -0.2) is 0 Å². The fourth-order valence-corrected chi connectivity index (χ4v) is 4.08. The Kier molecular flexibility index (Phi) is 5.68. The second-order valence-electron chi connectivity index (χ2n) is 5.85. The Hall–Kier alpha value is -1.14. The molecule has 0 bridgehead atoms. The van der Waals surface area contributed by atoms with Gasteiger partial charge in [-0.2, -0.15) is 4.57 Å². The first-order valence-electron chi connectivity index (χ1n) is 7.75. The molecule has 23 heavy (non-hydrogen) atoms. The molecule has 3 rings (SSSR count). The van der Waals surface area contributed by atoms with E-state index in [1.165, 1.54) is 38.1 Å². The van der Waals surface area contributed by atoms with Gasteiger partial charge in [0, 0.05) is 31.4 Å². The van der Waals surface area contributed by atoms with E-state index in [9.17, 15) is 0 Å². The Bertz CT molecular complexity index is 787. The number of rotatable bonds is 2. The highest BCUT2D eigenvalue weighted by Crippen LogP contribution is 2.31. The van der Waals surface area contributed by atoms with Crippen molar-refractivity contribution in [2.24, 2.45) is 0 Å². The molecule has 0 unspecified atom stereocenters. The van der Waals surface area contributed by atoms with Gasteiger partial charge in [0.1, 0.15) is 6.54 Å². The molecule has 1 aromatic heterocycles. The van der Waals surface area contributed by atoms with Gasteiger partial charge in [0.25, 0.3) is 5.01 Å². The third kappa shape index (κ3) is 3.38. The van der Waals surface area contributed by atoms with Gasteiger partial charge in [-0.15, -0.1) is 0 Å². The van der Waals surface area contributed by atoms with Gasteiger partial charge in [-0.05, 0) is 44.5 Å². The number of likely N-dealkylation sites (N-methyl/N-ethyl adjacent to an activating group) is 1. The van der Waals surface area contributed by atoms with E-state index in [2.05, 4.69) is 80.6 Å². The zero-order valence-electron chi connectivity index (χ0n) is 14.4. The molecule has 0 N–H and O–H groups in total. The van der Waals surface area contributed by atoms with E-state index in [-0.39, 0.29) is 24.0 Å². The maximum absolute atomic E-state index is 2.39. The van der Waals surface area contributed by atoms with Crippen LogP contribution in [0.1, 0.15) is 33.6 Å². The van der Waals surface area contributed by atoms with Crippen molar-refractivity contribution in [3.8, 4) is 0 Å². The number of aromatic nitrogens is 1. The number of allylic oxidation sites excluding steroid dienone is 1. The number of hydrogen-bond donors (Lipinski definition) is 0. The van der Waals surface area contributed by atoms with Gasteiger partial charge in [-0.1, -0.05) is 29.0 Å². The number of fused-ring (bicyclic) bond motifs is 1. The fourth-order valence-electron chi connectivity index (χ4n) is 2.95. The SMILES string of the molecule is CC[n+]1c(/C=C2\C=Cc3cc(C)ccc3N2C)sc(C)c1C.[I-]. The lowest BCUT2D eigenvalue weighted by Gasteiger charge is -2.26. The third-order valence-corrected chi connectivity index (χ3v) is 5.54. The molecule has 0 saturated heterocycles. The van der Waals surface area contributed by atoms with E-state index < -0.39 is 0 Å². The molecule has 0 aliphatic carbocycles. The summed E-state index contributed by atoms with van der Waals surface area (Å²) in [5, 5.41) is 1.32. The van der Waals surface area contributed by atoms with Crippen molar-refractivity contribution in [3.05, 3.63) is 56.7 Å². The average molecular weight is 438 g/mol. The summed E-state index contributed by atoms with van der Waals surface area (Å²) in [6.45, 7) is 9.77. The highest BCUT2D eigenvalue weighted by Gasteiger charge is 2.20. The summed E-state index contributed by atoms with van der Waals surface area (Å²) in [5.41, 5.74) is 6.48. The lowest BCUT2D eigenvalue weighted by atomic mass is 10.0. The van der Waals surface area contributed by atoms with E-state index in [1.54, 1.807) is 0 Å². The quantitative estimate of drug-likeness (QED) is 0.509. The molecule has 0 fully saturated rings. The number of halogens is 1. The van der Waals surface area contributed by atoms with Crippen LogP contribution in [0.2, 0.25) is 0 Å². The molecule has 1 aliphatic rings. The van der Waals surface area contributed by atoms with Gasteiger partial charge in [0.05, 0.1) is 4.88 Å². The molecule has 1 aliphatic heterocycles. The van der Waals surface area contributed by atoms with Crippen molar-refractivity contribution >= 4 is 29.2 Å². The zero-order chi connectivity index (χ0) is 15.9. The van der Waals surface area contributed by atoms with Crippen LogP contribution in [0.4, 0.5) is 5.69 Å². The minimum absolute atomic E-state index is 0. The summed E-state index contributed by atoms with van der Waals surface area (Å²) in [6, 6.07) is 6.63. The van der Waals surface area contributed by atoms with Crippen molar-refractivity contribution in [3.63, 3.8) is 0 Å². The van der Waals surface area contributed by atoms with Crippen molar-refractivity contribution in [1.29, 1.82) is 0 Å². The molecule has 122 valence electrons. The lowest BCUT2D eigenvalue weighted by molar-refractivity contribution is -0.696. The molecule has 0 atom stereocenters. The van der Waals surface area contributed by atoms with Crippen LogP contribution in [0, 0.1) is 20.8 Å². The summed E-state index contributed by atoms with van der Waals surface area (Å²) in [6.07, 6.45) is 6.73. The summed E-state index contributed by atoms with van der Waals surface area (Å²) < 4.78 is 2.39. The van der Waals surface area contributed by atoms with Crippen LogP contribution in [-0.4, -0.2) is 7.05 Å². The number of anilines is 1. The Morgan fingerprint density at radius 2 is 1.91 bits per heavy atom. The number of benzene rings is 1. The average Bonchev–Trinajstić information content (AvgIpc) is 2.76. The molecule has 2 aromatic rings. The highest BCUT2D eigenvalue weighted by atomic mass is 127. The normalized spacial score (nSPS) is 14.8. The van der Waals surface area contributed by atoms with Crippen molar-refractivity contribution < 1.29 is 28.5 Å². The molecule has 2 nitrogen and oxygen atoms in total. The summed E-state index contributed by atoms with van der Waals surface area (Å²) in [4.78, 5) is 3.67. The molecule has 0 saturated carbocycles. The maximum atomic E-state index is 2.39. The van der Waals surface area contributed by atoms with Gasteiger partial charge < -0.3 is 28.9 Å². The van der Waals surface area contributed by atoms with Gasteiger partial charge in [0.15, 0.2) is 5.69 Å². The van der Waals surface area contributed by atoms with E-state index >= 15 is 0 Å². The largest absolute Gasteiger partial charge is 1.00 e. The number of thiazole rings is 1. The predicted octanol–water partition coefficient (Wildman–Crippen LogP) is 1.49. The van der Waals surface area contributed by atoms with Crippen LogP contribution in [0.25, 0.3) is 12.2 Å². The maximum Gasteiger partial charge on any atom is 0.264 e. The second-order valence-corrected chi connectivity index (χ2v) is 7.08. The highest BCUT2D eigenvalue weighted by molar-refractivity contribution is 7.12. The lowest BCUT2D eigenvalue weighted by Crippen LogP contribution is -3.00. The van der Waals surface area contributed by atoms with E-state index in [0.29, 0.717) is 0 Å². The first-order chi connectivity index (χ1) is 10.5. The zero-order valence-corrected chi connectivity index (χ0v) is 17.3. The Balaban J connectivity index is 0.00000192. The molecule has 2 heterocycles. The number of hydrogen-bond acceptors (Lipinski definition) is 2. The molecule has 4 heteroatoms. The summed E-state index contributed by atoms with van der Waals surface area (Å²) in [5.74, 6) is 0. The molecule has 0 radical (unpaired) electrons. The van der Waals surface area contributed by atoms with Crippen LogP contribution in [0.5, 0.6) is 0 Å². The first-order valence-corrected chi connectivity index (χ1v) is 8.57. The van der Waals surface area contributed by atoms with Crippen LogP contribution in [-0.2, 0) is 6.54 Å². The van der Waals surface area contributed by atoms with Crippen molar-refractivity contribution in [2.75, 3.05) is 11.9 Å². The second kappa shape index (κ2) is 7.18. The molecular formula is C19H23IN2S. The Morgan fingerprint density at radius 3 is 2.61 bits per heavy atom. The third-order valence-electron chi connectivity index (χ3n) is 4.39. The van der Waals surface area contributed by atoms with Gasteiger partial charge in [0.2, 0.25) is 0 Å². The molecule has 1 aromatic carbocycles. The van der Waals surface area contributed by atoms with Crippen LogP contribution >= 0.6 is 11.3 Å². The number of nitrogens with zero attached hydrogens (tertiary/aromatic N) is 2. The van der Waals surface area contributed by atoms with Crippen molar-refractivity contribution in [1.82, 2.24) is 0 Å². The van der Waals surface area contributed by atoms with E-state index in [0.717, 1.165) is 6.54 Å². The molecular weight excluding hydrogens is 415 g/mol. The summed E-state index contributed by atoms with van der Waals surface area (Å²) in [7, 11) is 2.15. The van der Waals surface area contributed by atoms with Crippen molar-refractivity contribution in [2.45, 2.75) is 34.2 Å². The van der Waals surface area contributed by atoms with Gasteiger partial charge in [-0.3, -0.25) is 0 Å². The van der Waals surface area contributed by atoms with Gasteiger partial charge >= 0.3 is 0 Å². The Morgan fingerprint density at radius 1 is 1.17 bits per heavy atom. The molecule has 0 spiro atoms. The monoisotopic (exact) mass is 438 g/mol. The predicted molar refractivity (Wildman–Crippen MR) is 96.3 cm³/mol. The van der Waals surface area contributed by atoms with E-state index in [1.807, 2.05) is 11.3 Å². The van der Waals surface area contributed by atoms with Crippen LogP contribution < -0.4 is 33.4 Å². The summed E-state index contributed by atoms with van der Waals surface area (Å²) >= 11 is 1.87. The number of aryl methyl sites for hydroxylation is 2. The smallest absolute Gasteiger partial charge is 0.264 e. The minimum Gasteiger partial charge on any atom is -1.00 e.